The van der Waals surface area contributed by atoms with Crippen molar-refractivity contribution >= 4 is 44.1 Å². The van der Waals surface area contributed by atoms with Gasteiger partial charge in [-0.1, -0.05) is 6.07 Å². The van der Waals surface area contributed by atoms with Gasteiger partial charge in [0.25, 0.3) is 0 Å². The molecular formula is C13H10BrFN2O2S. The van der Waals surface area contributed by atoms with Crippen LogP contribution in [0.1, 0.15) is 22.9 Å². The zero-order valence-electron chi connectivity index (χ0n) is 10.2. The first-order chi connectivity index (χ1) is 9.56. The van der Waals surface area contributed by atoms with Crippen LogP contribution in [0.3, 0.4) is 0 Å². The van der Waals surface area contributed by atoms with Crippen LogP contribution in [0.2, 0.25) is 0 Å². The summed E-state index contributed by atoms with van der Waals surface area (Å²) in [5.74, 6) is -1.78. The summed E-state index contributed by atoms with van der Waals surface area (Å²) in [6, 6.07) is 4.69. The van der Waals surface area contributed by atoms with Gasteiger partial charge in [-0.2, -0.15) is 0 Å². The Kier molecular flexibility index (Phi) is 3.47. The van der Waals surface area contributed by atoms with Crippen LogP contribution >= 0.6 is 27.3 Å². The van der Waals surface area contributed by atoms with Gasteiger partial charge < -0.3 is 10.4 Å². The zero-order valence-corrected chi connectivity index (χ0v) is 12.6. The van der Waals surface area contributed by atoms with Gasteiger partial charge in [-0.05, 0) is 40.9 Å². The Morgan fingerprint density at radius 3 is 3.05 bits per heavy atom. The van der Waals surface area contributed by atoms with E-state index in [2.05, 4.69) is 26.2 Å². The van der Waals surface area contributed by atoms with E-state index in [0.717, 1.165) is 4.88 Å². The Balaban J connectivity index is 1.91. The normalized spacial score (nSPS) is 17.0. The highest BCUT2D eigenvalue weighted by Gasteiger charge is 2.32. The standard InChI is InChI=1S/C13H10BrFN2O2S/c14-7-2-1-3-8(15)11(7)17-13-16-10-6(12(18)19)4-5-9(10)20-13/h1-3,6H,4-5H2,(H,16,17)(H,18,19). The average Bonchev–Trinajstić information content (AvgIpc) is 2.92. The van der Waals surface area contributed by atoms with Gasteiger partial charge in [0.2, 0.25) is 0 Å². The maximum absolute atomic E-state index is 13.7. The third-order valence-electron chi connectivity index (χ3n) is 3.21. The number of rotatable bonds is 3. The molecule has 1 unspecified atom stereocenters. The minimum atomic E-state index is -0.854. The second-order valence-electron chi connectivity index (χ2n) is 4.48. The molecule has 0 saturated carbocycles. The van der Waals surface area contributed by atoms with Crippen molar-refractivity contribution in [2.24, 2.45) is 0 Å². The lowest BCUT2D eigenvalue weighted by atomic mass is 10.1. The lowest BCUT2D eigenvalue weighted by Crippen LogP contribution is -2.08. The molecule has 2 N–H and O–H groups in total. The predicted molar refractivity (Wildman–Crippen MR) is 78.2 cm³/mol. The van der Waals surface area contributed by atoms with E-state index in [1.807, 2.05) is 0 Å². The molecule has 7 heteroatoms. The van der Waals surface area contributed by atoms with Crippen LogP contribution in [0, 0.1) is 5.82 Å². The molecule has 1 heterocycles. The molecule has 1 aliphatic rings. The molecular weight excluding hydrogens is 347 g/mol. The summed E-state index contributed by atoms with van der Waals surface area (Å²) in [5.41, 5.74) is 0.921. The maximum atomic E-state index is 13.7. The molecule has 2 aromatic rings. The summed E-state index contributed by atoms with van der Waals surface area (Å²) in [6.45, 7) is 0. The summed E-state index contributed by atoms with van der Waals surface area (Å²) in [4.78, 5) is 16.4. The van der Waals surface area contributed by atoms with Gasteiger partial charge >= 0.3 is 5.97 Å². The highest BCUT2D eigenvalue weighted by Crippen LogP contribution is 2.40. The summed E-state index contributed by atoms with van der Waals surface area (Å²) >= 11 is 4.66. The second-order valence-corrected chi connectivity index (χ2v) is 6.42. The number of para-hydroxylation sites is 1. The van der Waals surface area contributed by atoms with E-state index >= 15 is 0 Å². The van der Waals surface area contributed by atoms with Crippen molar-refractivity contribution in [2.75, 3.05) is 5.32 Å². The second kappa shape index (κ2) is 5.14. The minimum absolute atomic E-state index is 0.312. The first-order valence-corrected chi connectivity index (χ1v) is 7.60. The Bertz CT molecular complexity index is 669. The van der Waals surface area contributed by atoms with Gasteiger partial charge in [0, 0.05) is 9.35 Å². The van der Waals surface area contributed by atoms with Gasteiger partial charge in [0.05, 0.1) is 11.4 Å². The molecule has 1 aliphatic carbocycles. The zero-order chi connectivity index (χ0) is 14.3. The van der Waals surface area contributed by atoms with E-state index < -0.39 is 11.9 Å². The number of hydrogen-bond donors (Lipinski definition) is 2. The van der Waals surface area contributed by atoms with Crippen molar-refractivity contribution in [3.63, 3.8) is 0 Å². The number of anilines is 2. The molecule has 1 aromatic heterocycles. The molecule has 0 spiro atoms. The van der Waals surface area contributed by atoms with E-state index in [-0.39, 0.29) is 5.82 Å². The van der Waals surface area contributed by atoms with Gasteiger partial charge in [0.15, 0.2) is 5.13 Å². The van der Waals surface area contributed by atoms with Gasteiger partial charge in [-0.15, -0.1) is 11.3 Å². The van der Waals surface area contributed by atoms with Crippen LogP contribution in [0.15, 0.2) is 22.7 Å². The summed E-state index contributed by atoms with van der Waals surface area (Å²) in [6.07, 6.45) is 1.30. The highest BCUT2D eigenvalue weighted by atomic mass is 79.9. The number of fused-ring (bicyclic) bond motifs is 1. The molecule has 104 valence electrons. The largest absolute Gasteiger partial charge is 0.481 e. The van der Waals surface area contributed by atoms with Crippen LogP contribution in [-0.2, 0) is 11.2 Å². The number of aliphatic carboxylic acids is 1. The van der Waals surface area contributed by atoms with E-state index in [1.165, 1.54) is 17.4 Å². The Labute approximate surface area is 126 Å². The summed E-state index contributed by atoms with van der Waals surface area (Å²) in [5, 5.41) is 12.6. The van der Waals surface area contributed by atoms with Crippen LogP contribution in [-0.4, -0.2) is 16.1 Å². The summed E-state index contributed by atoms with van der Waals surface area (Å²) < 4.78 is 14.3. The van der Waals surface area contributed by atoms with Crippen molar-refractivity contribution in [2.45, 2.75) is 18.8 Å². The molecule has 4 nitrogen and oxygen atoms in total. The fourth-order valence-corrected chi connectivity index (χ4v) is 3.73. The van der Waals surface area contributed by atoms with E-state index in [4.69, 9.17) is 5.11 Å². The quantitative estimate of drug-likeness (QED) is 0.875. The van der Waals surface area contributed by atoms with Crippen molar-refractivity contribution in [1.82, 2.24) is 4.98 Å². The van der Waals surface area contributed by atoms with Crippen molar-refractivity contribution in [3.05, 3.63) is 39.1 Å². The lowest BCUT2D eigenvalue weighted by Gasteiger charge is -2.07. The molecule has 0 saturated heterocycles. The van der Waals surface area contributed by atoms with Gasteiger partial charge in [-0.3, -0.25) is 4.79 Å². The van der Waals surface area contributed by atoms with Crippen LogP contribution in [0.5, 0.6) is 0 Å². The monoisotopic (exact) mass is 356 g/mol. The topological polar surface area (TPSA) is 62.2 Å². The Hall–Kier alpha value is -1.47. The first-order valence-electron chi connectivity index (χ1n) is 5.99. The van der Waals surface area contributed by atoms with Crippen molar-refractivity contribution in [1.29, 1.82) is 0 Å². The number of carboxylic acids is 1. The fraction of sp³-hybridized carbons (Fsp3) is 0.231. The molecule has 0 amide bonds. The molecule has 1 atom stereocenters. The molecule has 0 fully saturated rings. The Morgan fingerprint density at radius 2 is 2.35 bits per heavy atom. The fourth-order valence-electron chi connectivity index (χ4n) is 2.25. The highest BCUT2D eigenvalue weighted by molar-refractivity contribution is 9.10. The molecule has 1 aromatic carbocycles. The number of benzene rings is 1. The van der Waals surface area contributed by atoms with Crippen LogP contribution in [0.25, 0.3) is 0 Å². The molecule has 0 radical (unpaired) electrons. The SMILES string of the molecule is O=C(O)C1CCc2sc(Nc3c(F)cccc3Br)nc21. The molecule has 20 heavy (non-hydrogen) atoms. The van der Waals surface area contributed by atoms with E-state index in [1.54, 1.807) is 12.1 Å². The van der Waals surface area contributed by atoms with Crippen LogP contribution < -0.4 is 5.32 Å². The van der Waals surface area contributed by atoms with Crippen molar-refractivity contribution in [3.8, 4) is 0 Å². The number of carbonyl (C=O) groups is 1. The van der Waals surface area contributed by atoms with Crippen LogP contribution in [0.4, 0.5) is 15.2 Å². The predicted octanol–water partition coefficient (Wildman–Crippen LogP) is 3.90. The maximum Gasteiger partial charge on any atom is 0.312 e. The average molecular weight is 357 g/mol. The van der Waals surface area contributed by atoms with Gasteiger partial charge in [-0.25, -0.2) is 9.37 Å². The number of thiazole rings is 1. The van der Waals surface area contributed by atoms with E-state index in [0.29, 0.717) is 33.8 Å². The third-order valence-corrected chi connectivity index (χ3v) is 4.92. The lowest BCUT2D eigenvalue weighted by molar-refractivity contribution is -0.138. The number of nitrogens with one attached hydrogen (secondary N) is 1. The number of nitrogens with zero attached hydrogens (tertiary/aromatic N) is 1. The number of aromatic nitrogens is 1. The van der Waals surface area contributed by atoms with Gasteiger partial charge in [0.1, 0.15) is 11.7 Å². The third kappa shape index (κ3) is 2.31. The number of carboxylic acid groups (broad SMARTS) is 1. The Morgan fingerprint density at radius 1 is 1.55 bits per heavy atom. The smallest absolute Gasteiger partial charge is 0.312 e. The molecule has 3 rings (SSSR count). The van der Waals surface area contributed by atoms with Crippen molar-refractivity contribution < 1.29 is 14.3 Å². The first kappa shape index (κ1) is 13.5. The summed E-state index contributed by atoms with van der Waals surface area (Å²) in [7, 11) is 0. The molecule has 0 aliphatic heterocycles. The molecule has 0 bridgehead atoms. The number of hydrogen-bond acceptors (Lipinski definition) is 4. The van der Waals surface area contributed by atoms with E-state index in [9.17, 15) is 9.18 Å². The number of aryl methyl sites for hydroxylation is 1. The minimum Gasteiger partial charge on any atom is -0.481 e. The number of halogens is 2.